The van der Waals surface area contributed by atoms with E-state index in [1.165, 1.54) is 29.2 Å². The Hall–Kier alpha value is -1.44. The molecule has 1 aliphatic rings. The Bertz CT molecular complexity index is 678. The molecule has 0 aromatic heterocycles. The summed E-state index contributed by atoms with van der Waals surface area (Å²) in [4.78, 5) is 24.4. The summed E-state index contributed by atoms with van der Waals surface area (Å²) in [5.41, 5.74) is 0.246. The second kappa shape index (κ2) is 7.21. The topological polar surface area (TPSA) is 57.6 Å². The Labute approximate surface area is 140 Å². The molecule has 1 aromatic carbocycles. The van der Waals surface area contributed by atoms with Gasteiger partial charge < -0.3 is 5.11 Å². The Morgan fingerprint density at radius 2 is 2.23 bits per heavy atom. The van der Waals surface area contributed by atoms with Crippen molar-refractivity contribution in [2.75, 3.05) is 6.54 Å². The van der Waals surface area contributed by atoms with Gasteiger partial charge in [-0.25, -0.2) is 4.39 Å². The van der Waals surface area contributed by atoms with Gasteiger partial charge in [0.25, 0.3) is 5.91 Å². The second-order valence-electron chi connectivity index (χ2n) is 4.50. The quantitative estimate of drug-likeness (QED) is 0.643. The van der Waals surface area contributed by atoms with E-state index in [0.717, 1.165) is 11.8 Å². The fourth-order valence-corrected chi connectivity index (χ4v) is 3.30. The molecule has 1 heterocycles. The molecular weight excluding hydrogens is 349 g/mol. The Balaban J connectivity index is 2.13. The first kappa shape index (κ1) is 16.9. The van der Waals surface area contributed by atoms with Gasteiger partial charge in [-0.3, -0.25) is 14.5 Å². The van der Waals surface area contributed by atoms with E-state index in [9.17, 15) is 14.0 Å². The van der Waals surface area contributed by atoms with Crippen LogP contribution in [0, 0.1) is 5.82 Å². The second-order valence-corrected chi connectivity index (χ2v) is 6.61. The van der Waals surface area contributed by atoms with Crippen molar-refractivity contribution in [2.24, 2.45) is 0 Å². The summed E-state index contributed by atoms with van der Waals surface area (Å²) in [6.45, 7) is 0.234. The molecule has 0 aliphatic carbocycles. The van der Waals surface area contributed by atoms with Crippen molar-refractivity contribution >= 4 is 57.9 Å². The SMILES string of the molecule is O=C(O)CCCN1C(=O)/C(=C/c2ccc(Cl)cc2F)SC1=S. The third-order valence-corrected chi connectivity index (χ3v) is 4.51. The van der Waals surface area contributed by atoms with Crippen LogP contribution in [0.2, 0.25) is 5.02 Å². The lowest BCUT2D eigenvalue weighted by Crippen LogP contribution is -2.29. The van der Waals surface area contributed by atoms with Crippen molar-refractivity contribution in [3.63, 3.8) is 0 Å². The van der Waals surface area contributed by atoms with Gasteiger partial charge in [-0.2, -0.15) is 0 Å². The lowest BCUT2D eigenvalue weighted by atomic mass is 10.2. The normalized spacial score (nSPS) is 16.6. The van der Waals surface area contributed by atoms with E-state index in [1.807, 2.05) is 0 Å². The molecule has 1 amide bonds. The largest absolute Gasteiger partial charge is 0.481 e. The highest BCUT2D eigenvalue weighted by atomic mass is 35.5. The first-order valence-electron chi connectivity index (χ1n) is 6.30. The first-order valence-corrected chi connectivity index (χ1v) is 7.91. The summed E-state index contributed by atoms with van der Waals surface area (Å²) in [5, 5.41) is 8.89. The van der Waals surface area contributed by atoms with E-state index in [-0.39, 0.29) is 29.5 Å². The van der Waals surface area contributed by atoms with Crippen LogP contribution in [-0.4, -0.2) is 32.7 Å². The summed E-state index contributed by atoms with van der Waals surface area (Å²) in [5.74, 6) is -1.79. The fraction of sp³-hybridized carbons (Fsp3) is 0.214. The molecule has 0 bridgehead atoms. The van der Waals surface area contributed by atoms with Crippen molar-refractivity contribution in [2.45, 2.75) is 12.8 Å². The molecular formula is C14H11ClFNO3S2. The Morgan fingerprint density at radius 1 is 1.50 bits per heavy atom. The summed E-state index contributed by atoms with van der Waals surface area (Å²) in [6, 6.07) is 4.18. The Kier molecular flexibility index (Phi) is 5.55. The molecule has 1 N–H and O–H groups in total. The number of rotatable bonds is 5. The van der Waals surface area contributed by atoms with Gasteiger partial charge in [0.15, 0.2) is 0 Å². The van der Waals surface area contributed by atoms with E-state index >= 15 is 0 Å². The van der Waals surface area contributed by atoms with Gasteiger partial charge in [0.05, 0.1) is 4.91 Å². The summed E-state index contributed by atoms with van der Waals surface area (Å²) >= 11 is 11.9. The molecule has 1 aliphatic heterocycles. The van der Waals surface area contributed by atoms with Gasteiger partial charge in [-0.05, 0) is 24.6 Å². The first-order chi connectivity index (χ1) is 10.4. The molecule has 116 valence electrons. The maximum Gasteiger partial charge on any atom is 0.303 e. The number of carboxylic acids is 1. The van der Waals surface area contributed by atoms with E-state index in [0.29, 0.717) is 15.6 Å². The molecule has 0 unspecified atom stereocenters. The van der Waals surface area contributed by atoms with Crippen molar-refractivity contribution in [3.05, 3.63) is 39.5 Å². The number of carboxylic acid groups (broad SMARTS) is 1. The molecule has 1 aromatic rings. The van der Waals surface area contributed by atoms with E-state index < -0.39 is 11.8 Å². The number of aliphatic carboxylic acids is 1. The van der Waals surface area contributed by atoms with Gasteiger partial charge in [0.1, 0.15) is 10.1 Å². The third kappa shape index (κ3) is 4.06. The van der Waals surface area contributed by atoms with Gasteiger partial charge in [-0.1, -0.05) is 41.6 Å². The molecule has 22 heavy (non-hydrogen) atoms. The van der Waals surface area contributed by atoms with Gasteiger partial charge in [0.2, 0.25) is 0 Å². The summed E-state index contributed by atoms with van der Waals surface area (Å²) in [7, 11) is 0. The lowest BCUT2D eigenvalue weighted by Gasteiger charge is -2.13. The number of hydrogen-bond donors (Lipinski definition) is 1. The van der Waals surface area contributed by atoms with Crippen LogP contribution >= 0.6 is 35.6 Å². The average molecular weight is 360 g/mol. The molecule has 0 atom stereocenters. The fourth-order valence-electron chi connectivity index (χ4n) is 1.84. The van der Waals surface area contributed by atoms with Crippen LogP contribution in [0.4, 0.5) is 4.39 Å². The van der Waals surface area contributed by atoms with Crippen LogP contribution in [0.5, 0.6) is 0 Å². The van der Waals surface area contributed by atoms with Crippen LogP contribution in [-0.2, 0) is 9.59 Å². The monoisotopic (exact) mass is 359 g/mol. The maximum atomic E-state index is 13.8. The highest BCUT2D eigenvalue weighted by molar-refractivity contribution is 8.26. The predicted molar refractivity (Wildman–Crippen MR) is 88.2 cm³/mol. The number of thioether (sulfide) groups is 1. The van der Waals surface area contributed by atoms with Gasteiger partial charge in [0, 0.05) is 23.6 Å². The molecule has 8 heteroatoms. The summed E-state index contributed by atoms with van der Waals surface area (Å²) < 4.78 is 14.1. The van der Waals surface area contributed by atoms with Gasteiger partial charge >= 0.3 is 5.97 Å². The van der Waals surface area contributed by atoms with Crippen LogP contribution in [0.25, 0.3) is 6.08 Å². The standard InChI is InChI=1S/C14H11ClFNO3S2/c15-9-4-3-8(10(16)7-9)6-11-13(20)17(14(21)22-11)5-1-2-12(18)19/h3-4,6-7H,1-2,5H2,(H,18,19)/b11-6-. The smallest absolute Gasteiger partial charge is 0.303 e. The van der Waals surface area contributed by atoms with Gasteiger partial charge in [-0.15, -0.1) is 0 Å². The maximum absolute atomic E-state index is 13.8. The number of hydrogen-bond acceptors (Lipinski definition) is 4. The number of nitrogens with zero attached hydrogens (tertiary/aromatic N) is 1. The van der Waals surface area contributed by atoms with E-state index in [2.05, 4.69) is 0 Å². The molecule has 0 saturated carbocycles. The van der Waals surface area contributed by atoms with Crippen molar-refractivity contribution in [1.82, 2.24) is 4.90 Å². The minimum Gasteiger partial charge on any atom is -0.481 e. The lowest BCUT2D eigenvalue weighted by molar-refractivity contribution is -0.137. The zero-order valence-corrected chi connectivity index (χ0v) is 13.6. The number of amides is 1. The van der Waals surface area contributed by atoms with Crippen LogP contribution in [0.3, 0.4) is 0 Å². The summed E-state index contributed by atoms with van der Waals surface area (Å²) in [6.07, 6.45) is 1.69. The zero-order valence-electron chi connectivity index (χ0n) is 11.2. The number of thiocarbonyl (C=S) groups is 1. The number of carbonyl (C=O) groups is 2. The van der Waals surface area contributed by atoms with Crippen LogP contribution in [0.1, 0.15) is 18.4 Å². The molecule has 0 radical (unpaired) electrons. The molecule has 0 spiro atoms. The minimum atomic E-state index is -0.927. The molecule has 1 fully saturated rings. The predicted octanol–water partition coefficient (Wildman–Crippen LogP) is 3.55. The number of benzene rings is 1. The van der Waals surface area contributed by atoms with Crippen molar-refractivity contribution in [1.29, 1.82) is 0 Å². The van der Waals surface area contributed by atoms with Crippen LogP contribution in [0.15, 0.2) is 23.1 Å². The Morgan fingerprint density at radius 3 is 2.86 bits per heavy atom. The third-order valence-electron chi connectivity index (χ3n) is 2.90. The van der Waals surface area contributed by atoms with Crippen molar-refractivity contribution in [3.8, 4) is 0 Å². The number of halogens is 2. The van der Waals surface area contributed by atoms with Crippen molar-refractivity contribution < 1.29 is 19.1 Å². The molecule has 1 saturated heterocycles. The van der Waals surface area contributed by atoms with E-state index in [4.69, 9.17) is 28.9 Å². The van der Waals surface area contributed by atoms with Crippen LogP contribution < -0.4 is 0 Å². The average Bonchev–Trinajstić information content (AvgIpc) is 2.69. The highest BCUT2D eigenvalue weighted by Crippen LogP contribution is 2.33. The molecule has 2 rings (SSSR count). The zero-order chi connectivity index (χ0) is 16.3. The highest BCUT2D eigenvalue weighted by Gasteiger charge is 2.31. The van der Waals surface area contributed by atoms with E-state index in [1.54, 1.807) is 0 Å². The molecule has 4 nitrogen and oxygen atoms in total. The number of carbonyl (C=O) groups excluding carboxylic acids is 1. The minimum absolute atomic E-state index is 0.0398.